The van der Waals surface area contributed by atoms with E-state index in [-0.39, 0.29) is 0 Å². The first-order chi connectivity index (χ1) is 9.65. The lowest BCUT2D eigenvalue weighted by Crippen LogP contribution is -2.25. The van der Waals surface area contributed by atoms with Crippen molar-refractivity contribution in [1.82, 2.24) is 15.1 Å². The van der Waals surface area contributed by atoms with Crippen LogP contribution in [0.15, 0.2) is 42.7 Å². The molecular weight excluding hydrogens is 246 g/mol. The van der Waals surface area contributed by atoms with Crippen LogP contribution in [0.3, 0.4) is 0 Å². The molecule has 2 rings (SSSR count). The van der Waals surface area contributed by atoms with E-state index in [1.54, 1.807) is 0 Å². The van der Waals surface area contributed by atoms with Gasteiger partial charge in [-0.05, 0) is 37.8 Å². The predicted molar refractivity (Wildman–Crippen MR) is 83.9 cm³/mol. The SMILES string of the molecule is CC(C)CCC(C)NCc1cnn(-c2ccccc2)c1. The molecule has 108 valence electrons. The lowest BCUT2D eigenvalue weighted by atomic mass is 10.0. The van der Waals surface area contributed by atoms with E-state index in [4.69, 9.17) is 0 Å². The molecule has 0 fully saturated rings. The molecule has 2 aromatic rings. The smallest absolute Gasteiger partial charge is 0.0645 e. The van der Waals surface area contributed by atoms with Gasteiger partial charge in [0.1, 0.15) is 0 Å². The van der Waals surface area contributed by atoms with Crippen molar-refractivity contribution in [1.29, 1.82) is 0 Å². The van der Waals surface area contributed by atoms with E-state index in [1.165, 1.54) is 18.4 Å². The van der Waals surface area contributed by atoms with Gasteiger partial charge in [-0.3, -0.25) is 0 Å². The van der Waals surface area contributed by atoms with Crippen molar-refractivity contribution >= 4 is 0 Å². The van der Waals surface area contributed by atoms with Gasteiger partial charge >= 0.3 is 0 Å². The third-order valence-electron chi connectivity index (χ3n) is 3.49. The minimum absolute atomic E-state index is 0.553. The van der Waals surface area contributed by atoms with E-state index in [0.29, 0.717) is 6.04 Å². The van der Waals surface area contributed by atoms with Gasteiger partial charge in [0.05, 0.1) is 11.9 Å². The molecule has 0 saturated heterocycles. The largest absolute Gasteiger partial charge is 0.310 e. The molecule has 1 heterocycles. The van der Waals surface area contributed by atoms with Crippen LogP contribution in [-0.2, 0) is 6.54 Å². The van der Waals surface area contributed by atoms with Crippen molar-refractivity contribution < 1.29 is 0 Å². The summed E-state index contributed by atoms with van der Waals surface area (Å²) in [6.07, 6.45) is 6.54. The van der Waals surface area contributed by atoms with Crippen LogP contribution in [0.2, 0.25) is 0 Å². The number of hydrogen-bond acceptors (Lipinski definition) is 2. The summed E-state index contributed by atoms with van der Waals surface area (Å²) in [5.74, 6) is 0.778. The summed E-state index contributed by atoms with van der Waals surface area (Å²) in [4.78, 5) is 0. The molecule has 0 aliphatic rings. The fourth-order valence-electron chi connectivity index (χ4n) is 2.15. The fourth-order valence-corrected chi connectivity index (χ4v) is 2.15. The fraction of sp³-hybridized carbons (Fsp3) is 0.471. The predicted octanol–water partition coefficient (Wildman–Crippen LogP) is 3.79. The molecular formula is C17H25N3. The second-order valence-electron chi connectivity index (χ2n) is 5.88. The maximum Gasteiger partial charge on any atom is 0.0645 e. The summed E-state index contributed by atoms with van der Waals surface area (Å²) in [6, 6.07) is 10.8. The molecule has 0 spiro atoms. The first kappa shape index (κ1) is 14.8. The summed E-state index contributed by atoms with van der Waals surface area (Å²) in [5.41, 5.74) is 2.33. The number of hydrogen-bond donors (Lipinski definition) is 1. The molecule has 1 N–H and O–H groups in total. The van der Waals surface area contributed by atoms with E-state index in [2.05, 4.69) is 49.5 Å². The van der Waals surface area contributed by atoms with E-state index < -0.39 is 0 Å². The van der Waals surface area contributed by atoms with Crippen LogP contribution in [0.25, 0.3) is 5.69 Å². The van der Waals surface area contributed by atoms with Crippen molar-refractivity contribution in [3.63, 3.8) is 0 Å². The summed E-state index contributed by atoms with van der Waals surface area (Å²) >= 11 is 0. The topological polar surface area (TPSA) is 29.9 Å². The van der Waals surface area contributed by atoms with Gasteiger partial charge in [-0.1, -0.05) is 32.0 Å². The second kappa shape index (κ2) is 7.25. The molecule has 0 bridgehead atoms. The Morgan fingerprint density at radius 2 is 1.85 bits per heavy atom. The number of nitrogens with one attached hydrogen (secondary N) is 1. The molecule has 0 radical (unpaired) electrons. The Balaban J connectivity index is 1.84. The lowest BCUT2D eigenvalue weighted by Gasteiger charge is -2.14. The van der Waals surface area contributed by atoms with Crippen LogP contribution in [0.1, 0.15) is 39.2 Å². The van der Waals surface area contributed by atoms with Gasteiger partial charge in [0.2, 0.25) is 0 Å². The van der Waals surface area contributed by atoms with Gasteiger partial charge in [-0.25, -0.2) is 4.68 Å². The molecule has 3 nitrogen and oxygen atoms in total. The number of rotatable bonds is 7. The molecule has 0 amide bonds. The number of aromatic nitrogens is 2. The molecule has 1 unspecified atom stereocenters. The molecule has 1 aromatic heterocycles. The molecule has 1 atom stereocenters. The van der Waals surface area contributed by atoms with Crippen molar-refractivity contribution in [2.75, 3.05) is 0 Å². The van der Waals surface area contributed by atoms with Gasteiger partial charge in [-0.15, -0.1) is 0 Å². The third kappa shape index (κ3) is 4.49. The van der Waals surface area contributed by atoms with Gasteiger partial charge in [-0.2, -0.15) is 5.10 Å². The number of nitrogens with zero attached hydrogens (tertiary/aromatic N) is 2. The summed E-state index contributed by atoms with van der Waals surface area (Å²) in [5, 5.41) is 7.98. The van der Waals surface area contributed by atoms with Crippen LogP contribution in [0, 0.1) is 5.92 Å². The second-order valence-corrected chi connectivity index (χ2v) is 5.88. The van der Waals surface area contributed by atoms with Crippen LogP contribution in [0.4, 0.5) is 0 Å². The van der Waals surface area contributed by atoms with Crippen molar-refractivity contribution in [3.05, 3.63) is 48.3 Å². The van der Waals surface area contributed by atoms with Crippen LogP contribution in [-0.4, -0.2) is 15.8 Å². The number of benzene rings is 1. The Hall–Kier alpha value is -1.61. The quantitative estimate of drug-likeness (QED) is 0.830. The van der Waals surface area contributed by atoms with E-state index in [1.807, 2.05) is 29.1 Å². The molecule has 0 aliphatic heterocycles. The maximum atomic E-state index is 4.42. The highest BCUT2D eigenvalue weighted by Crippen LogP contribution is 2.09. The Kier molecular flexibility index (Phi) is 5.36. The highest BCUT2D eigenvalue weighted by molar-refractivity contribution is 5.30. The zero-order valence-electron chi connectivity index (χ0n) is 12.7. The molecule has 0 aliphatic carbocycles. The molecule has 1 aromatic carbocycles. The Bertz CT molecular complexity index is 502. The Labute approximate surface area is 122 Å². The van der Waals surface area contributed by atoms with Crippen LogP contribution in [0.5, 0.6) is 0 Å². The van der Waals surface area contributed by atoms with Crippen molar-refractivity contribution in [2.45, 2.75) is 46.2 Å². The highest BCUT2D eigenvalue weighted by Gasteiger charge is 2.05. The minimum atomic E-state index is 0.553. The Morgan fingerprint density at radius 3 is 2.55 bits per heavy atom. The lowest BCUT2D eigenvalue weighted by molar-refractivity contribution is 0.451. The average Bonchev–Trinajstić information content (AvgIpc) is 2.93. The zero-order valence-corrected chi connectivity index (χ0v) is 12.7. The first-order valence-electron chi connectivity index (χ1n) is 7.47. The molecule has 0 saturated carbocycles. The molecule has 3 heteroatoms. The van der Waals surface area contributed by atoms with Crippen molar-refractivity contribution in [3.8, 4) is 5.69 Å². The summed E-state index contributed by atoms with van der Waals surface area (Å²) in [7, 11) is 0. The van der Waals surface area contributed by atoms with Gasteiger partial charge in [0.25, 0.3) is 0 Å². The third-order valence-corrected chi connectivity index (χ3v) is 3.49. The van der Waals surface area contributed by atoms with E-state index >= 15 is 0 Å². The first-order valence-corrected chi connectivity index (χ1v) is 7.47. The van der Waals surface area contributed by atoms with E-state index in [0.717, 1.165) is 18.2 Å². The van der Waals surface area contributed by atoms with Gasteiger partial charge < -0.3 is 5.32 Å². The average molecular weight is 271 g/mol. The summed E-state index contributed by atoms with van der Waals surface area (Å²) in [6.45, 7) is 7.68. The normalized spacial score (nSPS) is 12.8. The highest BCUT2D eigenvalue weighted by atomic mass is 15.3. The monoisotopic (exact) mass is 271 g/mol. The van der Waals surface area contributed by atoms with Crippen LogP contribution < -0.4 is 5.32 Å². The van der Waals surface area contributed by atoms with E-state index in [9.17, 15) is 0 Å². The Morgan fingerprint density at radius 1 is 1.10 bits per heavy atom. The standard InChI is InChI=1S/C17H25N3/c1-14(2)9-10-15(3)18-11-16-12-19-20(13-16)17-7-5-4-6-8-17/h4-8,12-15,18H,9-11H2,1-3H3. The van der Waals surface area contributed by atoms with Gasteiger partial charge in [0, 0.05) is 24.3 Å². The van der Waals surface area contributed by atoms with Gasteiger partial charge in [0.15, 0.2) is 0 Å². The minimum Gasteiger partial charge on any atom is -0.310 e. The zero-order chi connectivity index (χ0) is 14.4. The van der Waals surface area contributed by atoms with Crippen molar-refractivity contribution in [2.24, 2.45) is 5.92 Å². The summed E-state index contributed by atoms with van der Waals surface area (Å²) < 4.78 is 1.93. The number of para-hydroxylation sites is 1. The maximum absolute atomic E-state index is 4.42. The molecule has 20 heavy (non-hydrogen) atoms. The van der Waals surface area contributed by atoms with Crippen LogP contribution >= 0.6 is 0 Å².